The van der Waals surface area contributed by atoms with Crippen LogP contribution in [0.15, 0.2) is 28.8 Å². The minimum Gasteiger partial charge on any atom is -0.388 e. The summed E-state index contributed by atoms with van der Waals surface area (Å²) in [4.78, 5) is 4.34. The van der Waals surface area contributed by atoms with Gasteiger partial charge in [-0.25, -0.2) is 0 Å². The van der Waals surface area contributed by atoms with Crippen molar-refractivity contribution < 1.29 is 4.52 Å². The lowest BCUT2D eigenvalue weighted by molar-refractivity contribution is 0.365. The Bertz CT molecular complexity index is 459. The molecule has 1 aromatic heterocycles. The van der Waals surface area contributed by atoms with Crippen LogP contribution in [0.25, 0.3) is 11.4 Å². The van der Waals surface area contributed by atoms with E-state index in [1.54, 1.807) is 0 Å². The molecule has 0 aliphatic carbocycles. The Hall–Kier alpha value is -1.84. The molecule has 0 atom stereocenters. The van der Waals surface area contributed by atoms with Crippen LogP contribution >= 0.6 is 0 Å². The maximum Gasteiger partial charge on any atom is 0.229 e. The molecule has 0 spiro atoms. The minimum absolute atomic E-state index is 0.262. The maximum absolute atomic E-state index is 5.16. The Labute approximate surface area is 94.7 Å². The van der Waals surface area contributed by atoms with Crippen LogP contribution < -0.4 is 5.32 Å². The zero-order valence-corrected chi connectivity index (χ0v) is 9.69. The van der Waals surface area contributed by atoms with Gasteiger partial charge in [0.15, 0.2) is 0 Å². The molecule has 2 aromatic rings. The highest BCUT2D eigenvalue weighted by molar-refractivity contribution is 5.59. The van der Waals surface area contributed by atoms with Crippen molar-refractivity contribution in [1.29, 1.82) is 0 Å². The average molecular weight is 217 g/mol. The molecule has 0 aliphatic rings. The largest absolute Gasteiger partial charge is 0.388 e. The van der Waals surface area contributed by atoms with Crippen LogP contribution in [0.5, 0.6) is 0 Å². The molecule has 0 aliphatic heterocycles. The third kappa shape index (κ3) is 2.05. The fraction of sp³-hybridized carbons (Fsp3) is 0.333. The Kier molecular flexibility index (Phi) is 2.90. The van der Waals surface area contributed by atoms with Gasteiger partial charge in [-0.2, -0.15) is 4.98 Å². The second-order valence-electron chi connectivity index (χ2n) is 3.94. The van der Waals surface area contributed by atoms with E-state index in [1.807, 2.05) is 45.2 Å². The first-order chi connectivity index (χ1) is 7.70. The Balaban J connectivity index is 2.28. The van der Waals surface area contributed by atoms with Gasteiger partial charge in [-0.1, -0.05) is 19.0 Å². The summed E-state index contributed by atoms with van der Waals surface area (Å²) in [6, 6.07) is 7.92. The van der Waals surface area contributed by atoms with Crippen LogP contribution in [0.2, 0.25) is 0 Å². The van der Waals surface area contributed by atoms with E-state index in [9.17, 15) is 0 Å². The molecule has 4 nitrogen and oxygen atoms in total. The molecule has 4 heteroatoms. The smallest absolute Gasteiger partial charge is 0.229 e. The van der Waals surface area contributed by atoms with E-state index in [1.165, 1.54) is 0 Å². The minimum atomic E-state index is 0.262. The van der Waals surface area contributed by atoms with Crippen molar-refractivity contribution in [2.45, 2.75) is 19.8 Å². The summed E-state index contributed by atoms with van der Waals surface area (Å²) in [6.07, 6.45) is 0. The average Bonchev–Trinajstić information content (AvgIpc) is 2.78. The summed E-state index contributed by atoms with van der Waals surface area (Å²) < 4.78 is 5.16. The number of benzene rings is 1. The molecule has 0 radical (unpaired) electrons. The number of aromatic nitrogens is 2. The third-order valence-corrected chi connectivity index (χ3v) is 2.37. The highest BCUT2D eigenvalue weighted by atomic mass is 16.5. The number of anilines is 1. The highest BCUT2D eigenvalue weighted by Gasteiger charge is 2.10. The molecule has 0 saturated heterocycles. The highest BCUT2D eigenvalue weighted by Crippen LogP contribution is 2.20. The maximum atomic E-state index is 5.16. The van der Waals surface area contributed by atoms with E-state index in [4.69, 9.17) is 4.52 Å². The van der Waals surface area contributed by atoms with E-state index < -0.39 is 0 Å². The van der Waals surface area contributed by atoms with Crippen LogP contribution in [0, 0.1) is 0 Å². The summed E-state index contributed by atoms with van der Waals surface area (Å²) in [5, 5.41) is 7.02. The van der Waals surface area contributed by atoms with Crippen LogP contribution in [0.3, 0.4) is 0 Å². The van der Waals surface area contributed by atoms with Crippen molar-refractivity contribution in [3.8, 4) is 11.4 Å². The quantitative estimate of drug-likeness (QED) is 0.858. The number of nitrogens with one attached hydrogen (secondary N) is 1. The van der Waals surface area contributed by atoms with Gasteiger partial charge in [0, 0.05) is 24.2 Å². The lowest BCUT2D eigenvalue weighted by Gasteiger charge is -1.99. The predicted octanol–water partition coefficient (Wildman–Crippen LogP) is 2.90. The molecule has 84 valence electrons. The molecular weight excluding hydrogens is 202 g/mol. The fourth-order valence-corrected chi connectivity index (χ4v) is 1.37. The normalized spacial score (nSPS) is 10.8. The summed E-state index contributed by atoms with van der Waals surface area (Å²) in [5.41, 5.74) is 2.03. The van der Waals surface area contributed by atoms with E-state index in [0.717, 1.165) is 11.3 Å². The van der Waals surface area contributed by atoms with Crippen molar-refractivity contribution in [3.63, 3.8) is 0 Å². The molecule has 1 N–H and O–H groups in total. The van der Waals surface area contributed by atoms with Gasteiger partial charge in [-0.3, -0.25) is 0 Å². The zero-order chi connectivity index (χ0) is 11.5. The number of hydrogen-bond acceptors (Lipinski definition) is 4. The standard InChI is InChI=1S/C12H15N3O/c1-8(2)12-14-11(15-16-12)9-4-6-10(13-3)7-5-9/h4-8,13H,1-3H3. The second kappa shape index (κ2) is 4.35. The molecule has 0 fully saturated rings. The van der Waals surface area contributed by atoms with Crippen LogP contribution in [-0.4, -0.2) is 17.2 Å². The molecule has 0 amide bonds. The van der Waals surface area contributed by atoms with Gasteiger partial charge >= 0.3 is 0 Å². The van der Waals surface area contributed by atoms with Crippen molar-refractivity contribution >= 4 is 5.69 Å². The first-order valence-electron chi connectivity index (χ1n) is 5.32. The molecule has 1 heterocycles. The second-order valence-corrected chi connectivity index (χ2v) is 3.94. The van der Waals surface area contributed by atoms with Crippen LogP contribution in [0.1, 0.15) is 25.7 Å². The third-order valence-electron chi connectivity index (χ3n) is 2.37. The van der Waals surface area contributed by atoms with Gasteiger partial charge in [0.05, 0.1) is 0 Å². The van der Waals surface area contributed by atoms with E-state index in [2.05, 4.69) is 15.5 Å². The summed E-state index contributed by atoms with van der Waals surface area (Å²) >= 11 is 0. The molecule has 0 saturated carbocycles. The fourth-order valence-electron chi connectivity index (χ4n) is 1.37. The summed E-state index contributed by atoms with van der Waals surface area (Å²) in [7, 11) is 1.89. The molecular formula is C12H15N3O. The van der Waals surface area contributed by atoms with Gasteiger partial charge in [0.25, 0.3) is 0 Å². The zero-order valence-electron chi connectivity index (χ0n) is 9.69. The molecule has 0 unspecified atom stereocenters. The SMILES string of the molecule is CNc1ccc(-c2noc(C(C)C)n2)cc1. The Morgan fingerprint density at radius 3 is 2.38 bits per heavy atom. The lowest BCUT2D eigenvalue weighted by atomic mass is 10.2. The molecule has 2 rings (SSSR count). The van der Waals surface area contributed by atoms with Crippen molar-refractivity contribution in [1.82, 2.24) is 10.1 Å². The predicted molar refractivity (Wildman–Crippen MR) is 63.4 cm³/mol. The summed E-state index contributed by atoms with van der Waals surface area (Å²) in [5.74, 6) is 1.58. The van der Waals surface area contributed by atoms with Crippen LogP contribution in [0.4, 0.5) is 5.69 Å². The Morgan fingerprint density at radius 1 is 1.19 bits per heavy atom. The van der Waals surface area contributed by atoms with Gasteiger partial charge in [0.2, 0.25) is 11.7 Å². The molecule has 0 bridgehead atoms. The van der Waals surface area contributed by atoms with Crippen molar-refractivity contribution in [2.24, 2.45) is 0 Å². The first-order valence-corrected chi connectivity index (χ1v) is 5.32. The first kappa shape index (κ1) is 10.7. The van der Waals surface area contributed by atoms with E-state index in [-0.39, 0.29) is 5.92 Å². The van der Waals surface area contributed by atoms with E-state index >= 15 is 0 Å². The van der Waals surface area contributed by atoms with Gasteiger partial charge in [0.1, 0.15) is 0 Å². The van der Waals surface area contributed by atoms with Crippen LogP contribution in [-0.2, 0) is 0 Å². The number of hydrogen-bond donors (Lipinski definition) is 1. The lowest BCUT2D eigenvalue weighted by Crippen LogP contribution is -1.88. The monoisotopic (exact) mass is 217 g/mol. The van der Waals surface area contributed by atoms with E-state index in [0.29, 0.717) is 11.7 Å². The molecule has 1 aromatic carbocycles. The van der Waals surface area contributed by atoms with Gasteiger partial charge in [-0.05, 0) is 24.3 Å². The van der Waals surface area contributed by atoms with Gasteiger partial charge < -0.3 is 9.84 Å². The Morgan fingerprint density at radius 2 is 1.88 bits per heavy atom. The van der Waals surface area contributed by atoms with Crippen molar-refractivity contribution in [2.75, 3.05) is 12.4 Å². The van der Waals surface area contributed by atoms with Crippen molar-refractivity contribution in [3.05, 3.63) is 30.2 Å². The summed E-state index contributed by atoms with van der Waals surface area (Å²) in [6.45, 7) is 4.06. The topological polar surface area (TPSA) is 51.0 Å². The molecule has 16 heavy (non-hydrogen) atoms. The number of nitrogens with zero attached hydrogens (tertiary/aromatic N) is 2. The number of rotatable bonds is 3. The van der Waals surface area contributed by atoms with Gasteiger partial charge in [-0.15, -0.1) is 0 Å².